The zero-order valence-corrected chi connectivity index (χ0v) is 18.5. The first-order valence-corrected chi connectivity index (χ1v) is 11.1. The summed E-state index contributed by atoms with van der Waals surface area (Å²) in [6.45, 7) is 7.30. The van der Waals surface area contributed by atoms with E-state index in [1.165, 1.54) is 0 Å². The highest BCUT2D eigenvalue weighted by atomic mass is 15.3. The van der Waals surface area contributed by atoms with Crippen LogP contribution < -0.4 is 10.6 Å². The van der Waals surface area contributed by atoms with Crippen LogP contribution in [0.1, 0.15) is 51.6 Å². The van der Waals surface area contributed by atoms with Crippen LogP contribution in [0.3, 0.4) is 0 Å². The third-order valence-electron chi connectivity index (χ3n) is 6.16. The molecule has 0 amide bonds. The van der Waals surface area contributed by atoms with Crippen LogP contribution in [-0.4, -0.2) is 54.4 Å². The van der Waals surface area contributed by atoms with E-state index in [1.807, 2.05) is 25.1 Å². The van der Waals surface area contributed by atoms with Gasteiger partial charge in [0.15, 0.2) is 5.82 Å². The van der Waals surface area contributed by atoms with Crippen molar-refractivity contribution in [3.05, 3.63) is 30.1 Å². The summed E-state index contributed by atoms with van der Waals surface area (Å²) in [4.78, 5) is 7.35. The van der Waals surface area contributed by atoms with E-state index in [2.05, 4.69) is 50.7 Å². The summed E-state index contributed by atoms with van der Waals surface area (Å²) in [5.74, 6) is 2.17. The molecule has 0 saturated carbocycles. The average Bonchev–Trinajstić information content (AvgIpc) is 3.40. The maximum absolute atomic E-state index is 9.05. The Hall–Kier alpha value is -3.12. The van der Waals surface area contributed by atoms with E-state index in [0.717, 1.165) is 49.3 Å². The van der Waals surface area contributed by atoms with Crippen molar-refractivity contribution < 1.29 is 0 Å². The summed E-state index contributed by atoms with van der Waals surface area (Å²) in [6.07, 6.45) is 6.63. The van der Waals surface area contributed by atoms with Crippen molar-refractivity contribution in [3.8, 4) is 6.07 Å². The molecule has 1 aliphatic rings. The monoisotopic (exact) mass is 421 g/mol. The summed E-state index contributed by atoms with van der Waals surface area (Å²) in [6, 6.07) is 9.56. The van der Waals surface area contributed by atoms with Crippen LogP contribution in [0.15, 0.2) is 24.4 Å². The number of aromatic nitrogens is 5. The summed E-state index contributed by atoms with van der Waals surface area (Å²) >= 11 is 0. The molecular formula is C22H31N9. The first-order chi connectivity index (χ1) is 15.1. The Morgan fingerprint density at radius 2 is 1.97 bits per heavy atom. The highest BCUT2D eigenvalue weighted by molar-refractivity contribution is 5.62. The summed E-state index contributed by atoms with van der Waals surface area (Å²) in [5.41, 5.74) is 1.95. The second kappa shape index (κ2) is 9.35. The lowest BCUT2D eigenvalue weighted by Crippen LogP contribution is -2.52. The smallest absolute Gasteiger partial charge is 0.232 e. The van der Waals surface area contributed by atoms with Gasteiger partial charge in [-0.25, -0.2) is 4.52 Å². The third kappa shape index (κ3) is 4.64. The highest BCUT2D eigenvalue weighted by Crippen LogP contribution is 2.30. The van der Waals surface area contributed by atoms with Crippen molar-refractivity contribution in [3.63, 3.8) is 0 Å². The zero-order chi connectivity index (χ0) is 21.8. The molecule has 0 bridgehead atoms. The molecule has 0 aromatic carbocycles. The van der Waals surface area contributed by atoms with Gasteiger partial charge in [-0.05, 0) is 38.7 Å². The van der Waals surface area contributed by atoms with Crippen LogP contribution in [0.2, 0.25) is 0 Å². The Kier molecular flexibility index (Phi) is 6.37. The molecule has 3 aromatic heterocycles. The van der Waals surface area contributed by atoms with Gasteiger partial charge in [-0.15, -0.1) is 0 Å². The zero-order valence-electron chi connectivity index (χ0n) is 18.5. The number of likely N-dealkylation sites (tertiary alicyclic amines) is 1. The van der Waals surface area contributed by atoms with Crippen LogP contribution >= 0.6 is 0 Å². The van der Waals surface area contributed by atoms with Gasteiger partial charge in [0, 0.05) is 48.9 Å². The van der Waals surface area contributed by atoms with Gasteiger partial charge in [0.05, 0.1) is 17.8 Å². The van der Waals surface area contributed by atoms with Gasteiger partial charge < -0.3 is 10.6 Å². The van der Waals surface area contributed by atoms with E-state index < -0.39 is 0 Å². The number of nitriles is 1. The van der Waals surface area contributed by atoms with Crippen molar-refractivity contribution in [2.75, 3.05) is 17.2 Å². The van der Waals surface area contributed by atoms with Crippen molar-refractivity contribution >= 4 is 23.1 Å². The normalized spacial score (nSPS) is 21.8. The molecule has 31 heavy (non-hydrogen) atoms. The minimum absolute atomic E-state index is 0.339. The number of aromatic amines is 1. The quantitative estimate of drug-likeness (QED) is 0.507. The Balaban J connectivity index is 1.54. The second-order valence-corrected chi connectivity index (χ2v) is 8.28. The lowest BCUT2D eigenvalue weighted by Gasteiger charge is -2.45. The Bertz CT molecular complexity index is 1030. The number of nitrogens with zero attached hydrogens (tertiary/aromatic N) is 6. The van der Waals surface area contributed by atoms with Crippen LogP contribution in [0.4, 0.5) is 17.6 Å². The number of rotatable bonds is 8. The van der Waals surface area contributed by atoms with E-state index in [1.54, 1.807) is 10.7 Å². The van der Waals surface area contributed by atoms with Crippen LogP contribution in [0.25, 0.3) is 5.52 Å². The minimum Gasteiger partial charge on any atom is -0.367 e. The fraction of sp³-hybridized carbons (Fsp3) is 0.545. The van der Waals surface area contributed by atoms with Crippen LogP contribution in [-0.2, 0) is 0 Å². The van der Waals surface area contributed by atoms with Gasteiger partial charge in [-0.1, -0.05) is 13.8 Å². The number of piperidine rings is 1. The molecule has 0 spiro atoms. The number of H-pyrrole nitrogens is 1. The largest absolute Gasteiger partial charge is 0.367 e. The highest BCUT2D eigenvalue weighted by Gasteiger charge is 2.33. The number of hydrogen-bond donors (Lipinski definition) is 3. The van der Waals surface area contributed by atoms with Crippen molar-refractivity contribution in [2.24, 2.45) is 0 Å². The minimum atomic E-state index is 0.339. The van der Waals surface area contributed by atoms with Crippen LogP contribution in [0.5, 0.6) is 0 Å². The van der Waals surface area contributed by atoms with Gasteiger partial charge in [0.25, 0.3) is 0 Å². The molecule has 2 unspecified atom stereocenters. The molecule has 1 fully saturated rings. The molecule has 9 heteroatoms. The second-order valence-electron chi connectivity index (χ2n) is 8.28. The summed E-state index contributed by atoms with van der Waals surface area (Å²) in [5, 5.41) is 27.6. The van der Waals surface area contributed by atoms with Crippen molar-refractivity contribution in [1.29, 1.82) is 5.26 Å². The molecule has 0 aliphatic carbocycles. The standard InChI is InChI=1S/C22H31N9/c1-4-17-12-16(13-18(5-2)30(17)10-6-8-23)25-20-14-19-7-9-24-31(19)22(26-20)27-21-11-15(3)28-29-21/h7,9,11,14,16-18,25H,4-6,10,12-13H2,1-3H3,(H2,26,27,28,29). The molecule has 1 saturated heterocycles. The number of aryl methyl sites for hydroxylation is 1. The third-order valence-corrected chi connectivity index (χ3v) is 6.16. The van der Waals surface area contributed by atoms with E-state index >= 15 is 0 Å². The maximum Gasteiger partial charge on any atom is 0.232 e. The maximum atomic E-state index is 9.05. The van der Waals surface area contributed by atoms with E-state index in [9.17, 15) is 0 Å². The molecule has 3 aromatic rings. The summed E-state index contributed by atoms with van der Waals surface area (Å²) < 4.78 is 1.78. The van der Waals surface area contributed by atoms with Crippen molar-refractivity contribution in [1.82, 2.24) is 29.7 Å². The van der Waals surface area contributed by atoms with Gasteiger partial charge in [-0.2, -0.15) is 20.4 Å². The van der Waals surface area contributed by atoms with Gasteiger partial charge in [-0.3, -0.25) is 10.00 Å². The van der Waals surface area contributed by atoms with Gasteiger partial charge >= 0.3 is 0 Å². The molecule has 4 rings (SSSR count). The molecule has 1 aliphatic heterocycles. The van der Waals surface area contributed by atoms with Crippen molar-refractivity contribution in [2.45, 2.75) is 71.0 Å². The number of anilines is 3. The van der Waals surface area contributed by atoms with E-state index in [4.69, 9.17) is 10.2 Å². The number of fused-ring (bicyclic) bond motifs is 1. The lowest BCUT2D eigenvalue weighted by atomic mass is 9.88. The van der Waals surface area contributed by atoms with Gasteiger partial charge in [0.1, 0.15) is 5.82 Å². The Labute approximate surface area is 182 Å². The predicted octanol–water partition coefficient (Wildman–Crippen LogP) is 3.85. The first-order valence-electron chi connectivity index (χ1n) is 11.1. The molecular weight excluding hydrogens is 390 g/mol. The molecule has 164 valence electrons. The van der Waals surface area contributed by atoms with E-state index in [-0.39, 0.29) is 0 Å². The first kappa shape index (κ1) is 21.1. The Morgan fingerprint density at radius 3 is 2.61 bits per heavy atom. The molecule has 0 radical (unpaired) electrons. The topological polar surface area (TPSA) is 110 Å². The lowest BCUT2D eigenvalue weighted by molar-refractivity contribution is 0.0735. The SMILES string of the molecule is CCC1CC(Nc2cc3ccnn3c(Nc3cc(C)[nH]n3)n2)CC(CC)N1CCC#N. The number of nitrogens with one attached hydrogen (secondary N) is 3. The Morgan fingerprint density at radius 1 is 1.19 bits per heavy atom. The number of hydrogen-bond acceptors (Lipinski definition) is 7. The average molecular weight is 422 g/mol. The van der Waals surface area contributed by atoms with Gasteiger partial charge in [0.2, 0.25) is 5.95 Å². The fourth-order valence-electron chi connectivity index (χ4n) is 4.68. The molecule has 3 N–H and O–H groups in total. The molecule has 2 atom stereocenters. The molecule has 4 heterocycles. The van der Waals surface area contributed by atoms with Crippen LogP contribution in [0, 0.1) is 18.3 Å². The fourth-order valence-corrected chi connectivity index (χ4v) is 4.68. The summed E-state index contributed by atoms with van der Waals surface area (Å²) in [7, 11) is 0. The molecule has 9 nitrogen and oxygen atoms in total. The van der Waals surface area contributed by atoms with E-state index in [0.29, 0.717) is 36.3 Å². The predicted molar refractivity (Wildman–Crippen MR) is 121 cm³/mol.